The third-order valence-corrected chi connectivity index (χ3v) is 3.09. The normalized spacial score (nSPS) is 20.3. The SMILES string of the molecule is CC(CN)CN1C(=O)C(C)Oc2ccc(N)cc21. The zero-order chi connectivity index (χ0) is 13.3. The number of nitrogens with two attached hydrogens (primary N) is 2. The molecule has 4 N–H and O–H groups in total. The van der Waals surface area contributed by atoms with Gasteiger partial charge in [0.2, 0.25) is 0 Å². The number of nitrogen functional groups attached to an aromatic ring is 1. The van der Waals surface area contributed by atoms with Crippen LogP contribution in [0.1, 0.15) is 13.8 Å². The molecule has 98 valence electrons. The Morgan fingerprint density at radius 2 is 2.22 bits per heavy atom. The van der Waals surface area contributed by atoms with Crippen LogP contribution in [0.25, 0.3) is 0 Å². The van der Waals surface area contributed by atoms with Crippen LogP contribution in [-0.4, -0.2) is 25.1 Å². The van der Waals surface area contributed by atoms with Crippen molar-refractivity contribution in [2.45, 2.75) is 20.0 Å². The smallest absolute Gasteiger partial charge is 0.267 e. The van der Waals surface area contributed by atoms with Crippen molar-refractivity contribution in [3.05, 3.63) is 18.2 Å². The van der Waals surface area contributed by atoms with Gasteiger partial charge in [0.25, 0.3) is 5.91 Å². The van der Waals surface area contributed by atoms with Gasteiger partial charge in [-0.05, 0) is 37.6 Å². The maximum Gasteiger partial charge on any atom is 0.267 e. The third-order valence-electron chi connectivity index (χ3n) is 3.09. The first-order chi connectivity index (χ1) is 8.52. The van der Waals surface area contributed by atoms with Crippen molar-refractivity contribution in [3.63, 3.8) is 0 Å². The van der Waals surface area contributed by atoms with Gasteiger partial charge in [-0.2, -0.15) is 0 Å². The van der Waals surface area contributed by atoms with Crippen molar-refractivity contribution in [1.82, 2.24) is 0 Å². The summed E-state index contributed by atoms with van der Waals surface area (Å²) in [4.78, 5) is 13.9. The monoisotopic (exact) mass is 249 g/mol. The van der Waals surface area contributed by atoms with Gasteiger partial charge < -0.3 is 21.1 Å². The van der Waals surface area contributed by atoms with Gasteiger partial charge in [-0.1, -0.05) is 6.92 Å². The molecule has 0 aliphatic carbocycles. The highest BCUT2D eigenvalue weighted by Gasteiger charge is 2.32. The highest BCUT2D eigenvalue weighted by atomic mass is 16.5. The van der Waals surface area contributed by atoms with Crippen LogP contribution in [0.5, 0.6) is 5.75 Å². The Morgan fingerprint density at radius 3 is 2.89 bits per heavy atom. The number of ether oxygens (including phenoxy) is 1. The fourth-order valence-electron chi connectivity index (χ4n) is 2.00. The Bertz CT molecular complexity index is 462. The van der Waals surface area contributed by atoms with Gasteiger partial charge in [0.05, 0.1) is 5.69 Å². The lowest BCUT2D eigenvalue weighted by atomic mass is 10.1. The van der Waals surface area contributed by atoms with Crippen LogP contribution >= 0.6 is 0 Å². The van der Waals surface area contributed by atoms with Crippen LogP contribution in [0.15, 0.2) is 18.2 Å². The summed E-state index contributed by atoms with van der Waals surface area (Å²) in [7, 11) is 0. The maximum atomic E-state index is 12.2. The second-order valence-electron chi connectivity index (χ2n) is 4.78. The average Bonchev–Trinajstić information content (AvgIpc) is 2.35. The molecule has 0 saturated carbocycles. The molecule has 2 unspecified atom stereocenters. The predicted octanol–water partition coefficient (Wildman–Crippen LogP) is 0.977. The molecule has 1 aliphatic heterocycles. The van der Waals surface area contributed by atoms with Crippen LogP contribution < -0.4 is 21.1 Å². The summed E-state index contributed by atoms with van der Waals surface area (Å²) in [6.07, 6.45) is -0.467. The van der Waals surface area contributed by atoms with E-state index in [4.69, 9.17) is 16.2 Å². The summed E-state index contributed by atoms with van der Waals surface area (Å²) in [6, 6.07) is 5.34. The standard InChI is InChI=1S/C13H19N3O2/c1-8(6-14)7-16-11-5-10(15)3-4-12(11)18-9(2)13(16)17/h3-5,8-9H,6-7,14-15H2,1-2H3. The fourth-order valence-corrected chi connectivity index (χ4v) is 2.00. The Labute approximate surface area is 107 Å². The molecular weight excluding hydrogens is 230 g/mol. The van der Waals surface area contributed by atoms with Gasteiger partial charge in [-0.3, -0.25) is 4.79 Å². The van der Waals surface area contributed by atoms with Crippen molar-refractivity contribution in [2.75, 3.05) is 23.7 Å². The fraction of sp³-hybridized carbons (Fsp3) is 0.462. The minimum absolute atomic E-state index is 0.0478. The molecule has 1 heterocycles. The van der Waals surface area contributed by atoms with E-state index in [1.807, 2.05) is 6.92 Å². The summed E-state index contributed by atoms with van der Waals surface area (Å²) in [5, 5.41) is 0. The van der Waals surface area contributed by atoms with Crippen molar-refractivity contribution in [2.24, 2.45) is 11.7 Å². The summed E-state index contributed by atoms with van der Waals surface area (Å²) in [5.41, 5.74) is 12.7. The average molecular weight is 249 g/mol. The minimum atomic E-state index is -0.467. The molecular formula is C13H19N3O2. The van der Waals surface area contributed by atoms with E-state index in [1.54, 1.807) is 30.0 Å². The predicted molar refractivity (Wildman–Crippen MR) is 71.5 cm³/mol. The molecule has 5 heteroatoms. The number of benzene rings is 1. The van der Waals surface area contributed by atoms with Crippen molar-refractivity contribution >= 4 is 17.3 Å². The molecule has 1 aromatic rings. The molecule has 0 bridgehead atoms. The first-order valence-corrected chi connectivity index (χ1v) is 6.10. The molecule has 1 amide bonds. The van der Waals surface area contributed by atoms with Crippen molar-refractivity contribution in [3.8, 4) is 5.75 Å². The molecule has 0 aromatic heterocycles. The Morgan fingerprint density at radius 1 is 1.50 bits per heavy atom. The van der Waals surface area contributed by atoms with Gasteiger partial charge >= 0.3 is 0 Å². The number of nitrogens with zero attached hydrogens (tertiary/aromatic N) is 1. The number of carbonyl (C=O) groups is 1. The molecule has 18 heavy (non-hydrogen) atoms. The number of amides is 1. The molecule has 1 aromatic carbocycles. The van der Waals surface area contributed by atoms with Crippen molar-refractivity contribution < 1.29 is 9.53 Å². The third kappa shape index (κ3) is 2.26. The Kier molecular flexibility index (Phi) is 3.43. The van der Waals surface area contributed by atoms with E-state index < -0.39 is 6.10 Å². The van der Waals surface area contributed by atoms with Crippen LogP contribution in [0, 0.1) is 5.92 Å². The zero-order valence-corrected chi connectivity index (χ0v) is 10.7. The number of rotatable bonds is 3. The second-order valence-corrected chi connectivity index (χ2v) is 4.78. The molecule has 0 radical (unpaired) electrons. The summed E-state index contributed by atoms with van der Waals surface area (Å²) in [6.45, 7) is 4.89. The van der Waals surface area contributed by atoms with Gasteiger partial charge in [-0.25, -0.2) is 0 Å². The zero-order valence-electron chi connectivity index (χ0n) is 10.7. The molecule has 5 nitrogen and oxygen atoms in total. The number of carbonyl (C=O) groups excluding carboxylic acids is 1. The summed E-state index contributed by atoms with van der Waals surface area (Å²) < 4.78 is 5.57. The number of hydrogen-bond donors (Lipinski definition) is 2. The van der Waals surface area contributed by atoms with E-state index in [9.17, 15) is 4.79 Å². The van der Waals surface area contributed by atoms with E-state index in [2.05, 4.69) is 0 Å². The van der Waals surface area contributed by atoms with Crippen LogP contribution in [-0.2, 0) is 4.79 Å². The van der Waals surface area contributed by atoms with Gasteiger partial charge in [-0.15, -0.1) is 0 Å². The van der Waals surface area contributed by atoms with Crippen LogP contribution in [0.3, 0.4) is 0 Å². The number of fused-ring (bicyclic) bond motifs is 1. The van der Waals surface area contributed by atoms with Gasteiger partial charge in [0.15, 0.2) is 6.10 Å². The van der Waals surface area contributed by atoms with E-state index in [-0.39, 0.29) is 11.8 Å². The van der Waals surface area contributed by atoms with Gasteiger partial charge in [0, 0.05) is 12.2 Å². The molecule has 0 saturated heterocycles. The lowest BCUT2D eigenvalue weighted by Gasteiger charge is -2.34. The number of hydrogen-bond acceptors (Lipinski definition) is 4. The quantitative estimate of drug-likeness (QED) is 0.782. The lowest BCUT2D eigenvalue weighted by Crippen LogP contribution is -2.47. The molecule has 1 aliphatic rings. The molecule has 2 atom stereocenters. The van der Waals surface area contributed by atoms with E-state index >= 15 is 0 Å². The van der Waals surface area contributed by atoms with Crippen molar-refractivity contribution in [1.29, 1.82) is 0 Å². The van der Waals surface area contributed by atoms with E-state index in [1.165, 1.54) is 0 Å². The first kappa shape index (κ1) is 12.7. The number of anilines is 2. The highest BCUT2D eigenvalue weighted by Crippen LogP contribution is 2.35. The second kappa shape index (κ2) is 4.86. The largest absolute Gasteiger partial charge is 0.479 e. The topological polar surface area (TPSA) is 81.6 Å². The van der Waals surface area contributed by atoms with Crippen LogP contribution in [0.4, 0.5) is 11.4 Å². The first-order valence-electron chi connectivity index (χ1n) is 6.10. The Balaban J connectivity index is 2.37. The van der Waals surface area contributed by atoms with E-state index in [0.29, 0.717) is 24.5 Å². The molecule has 0 spiro atoms. The minimum Gasteiger partial charge on any atom is -0.479 e. The van der Waals surface area contributed by atoms with Gasteiger partial charge in [0.1, 0.15) is 5.75 Å². The lowest BCUT2D eigenvalue weighted by molar-refractivity contribution is -0.125. The summed E-state index contributed by atoms with van der Waals surface area (Å²) in [5.74, 6) is 0.877. The van der Waals surface area contributed by atoms with E-state index in [0.717, 1.165) is 5.69 Å². The van der Waals surface area contributed by atoms with Crippen LogP contribution in [0.2, 0.25) is 0 Å². The molecule has 2 rings (SSSR count). The summed E-state index contributed by atoms with van der Waals surface area (Å²) >= 11 is 0. The molecule has 0 fully saturated rings. The Hall–Kier alpha value is -1.75. The highest BCUT2D eigenvalue weighted by molar-refractivity contribution is 6.00. The maximum absolute atomic E-state index is 12.2.